The number of hydrogen-bond acceptors (Lipinski definition) is 2. The van der Waals surface area contributed by atoms with Crippen LogP contribution < -0.4 is 0 Å². The number of nitrogens with zero attached hydrogens (tertiary/aromatic N) is 3. The number of carbonyl (C=O) groups is 1. The number of aromatic nitrogens is 2. The highest BCUT2D eigenvalue weighted by Crippen LogP contribution is 2.29. The summed E-state index contributed by atoms with van der Waals surface area (Å²) in [6.45, 7) is 0.361. The largest absolute Gasteiger partial charge is 0.335 e. The summed E-state index contributed by atoms with van der Waals surface area (Å²) < 4.78 is 27.8. The van der Waals surface area contributed by atoms with Gasteiger partial charge in [-0.3, -0.25) is 9.78 Å². The van der Waals surface area contributed by atoms with Gasteiger partial charge in [0.2, 0.25) is 5.91 Å². The number of likely N-dealkylation sites (tertiary alicyclic amines) is 1. The summed E-state index contributed by atoms with van der Waals surface area (Å²) in [5.74, 6) is -0.467. The molecule has 0 spiro atoms. The third-order valence-corrected chi connectivity index (χ3v) is 4.62. The Kier molecular flexibility index (Phi) is 3.92. The normalized spacial score (nSPS) is 14.8. The molecule has 0 N–H and O–H groups in total. The zero-order chi connectivity index (χ0) is 17.6. The van der Waals surface area contributed by atoms with Crippen LogP contribution in [0.3, 0.4) is 0 Å². The molecular formula is C18H14ClF2N3O. The van der Waals surface area contributed by atoms with Crippen molar-refractivity contribution in [2.75, 3.05) is 13.1 Å². The Bertz CT molecular complexity index is 949. The quantitative estimate of drug-likeness (QED) is 0.713. The summed E-state index contributed by atoms with van der Waals surface area (Å²) in [6.07, 6.45) is 2.38. The number of hydrogen-bond donors (Lipinski definition) is 0. The molecule has 1 aliphatic rings. The first-order valence-corrected chi connectivity index (χ1v) is 8.21. The Morgan fingerprint density at radius 2 is 1.96 bits per heavy atom. The third-order valence-electron chi connectivity index (χ3n) is 4.35. The highest BCUT2D eigenvalue weighted by Gasteiger charge is 2.30. The van der Waals surface area contributed by atoms with E-state index in [4.69, 9.17) is 11.6 Å². The summed E-state index contributed by atoms with van der Waals surface area (Å²) in [5.41, 5.74) is 2.91. The molecule has 1 fully saturated rings. The van der Waals surface area contributed by atoms with Gasteiger partial charge in [0.05, 0.1) is 23.6 Å². The van der Waals surface area contributed by atoms with Crippen LogP contribution >= 0.6 is 11.6 Å². The minimum absolute atomic E-state index is 0.0739. The average molecular weight is 362 g/mol. The maximum Gasteiger partial charge on any atom is 0.242 e. The molecule has 1 aliphatic heterocycles. The molecule has 7 heteroatoms. The molecule has 3 heterocycles. The van der Waals surface area contributed by atoms with E-state index in [0.29, 0.717) is 16.1 Å². The van der Waals surface area contributed by atoms with Gasteiger partial charge < -0.3 is 9.47 Å². The molecule has 0 aliphatic carbocycles. The fourth-order valence-corrected chi connectivity index (χ4v) is 3.19. The van der Waals surface area contributed by atoms with Gasteiger partial charge in [0.15, 0.2) is 0 Å². The molecule has 0 atom stereocenters. The average Bonchev–Trinajstić information content (AvgIpc) is 2.88. The third kappa shape index (κ3) is 2.98. The Balaban J connectivity index is 1.68. The van der Waals surface area contributed by atoms with Crippen molar-refractivity contribution in [1.29, 1.82) is 0 Å². The molecule has 1 saturated heterocycles. The van der Waals surface area contributed by atoms with Crippen molar-refractivity contribution in [2.24, 2.45) is 0 Å². The van der Waals surface area contributed by atoms with E-state index in [0.717, 1.165) is 11.1 Å². The van der Waals surface area contributed by atoms with Gasteiger partial charge in [0.1, 0.15) is 24.1 Å². The monoisotopic (exact) mass is 361 g/mol. The van der Waals surface area contributed by atoms with E-state index in [1.165, 1.54) is 17.0 Å². The van der Waals surface area contributed by atoms with Crippen LogP contribution in [-0.4, -0.2) is 39.6 Å². The van der Waals surface area contributed by atoms with Crippen molar-refractivity contribution < 1.29 is 13.6 Å². The lowest BCUT2D eigenvalue weighted by Gasteiger charge is -2.34. The Hall–Kier alpha value is -2.47. The molecule has 3 aromatic rings. The van der Waals surface area contributed by atoms with E-state index >= 15 is 0 Å². The lowest BCUT2D eigenvalue weighted by Crippen LogP contribution is -2.52. The van der Waals surface area contributed by atoms with Gasteiger partial charge in [-0.2, -0.15) is 0 Å². The highest BCUT2D eigenvalue weighted by molar-refractivity contribution is 6.35. The van der Waals surface area contributed by atoms with Crippen molar-refractivity contribution >= 4 is 28.5 Å². The van der Waals surface area contributed by atoms with Gasteiger partial charge >= 0.3 is 0 Å². The van der Waals surface area contributed by atoms with E-state index in [1.54, 1.807) is 29.1 Å². The minimum atomic E-state index is -0.930. The van der Waals surface area contributed by atoms with E-state index in [-0.39, 0.29) is 31.4 Å². The number of rotatable bonds is 3. The number of alkyl halides is 1. The molecule has 4 nitrogen and oxygen atoms in total. The second-order valence-corrected chi connectivity index (χ2v) is 6.51. The second-order valence-electron chi connectivity index (χ2n) is 6.10. The van der Waals surface area contributed by atoms with Gasteiger partial charge in [-0.1, -0.05) is 23.7 Å². The molecule has 2 aromatic heterocycles. The van der Waals surface area contributed by atoms with Crippen LogP contribution in [0.2, 0.25) is 5.02 Å². The predicted octanol–water partition coefficient (Wildman–Crippen LogP) is 3.68. The van der Waals surface area contributed by atoms with E-state index in [2.05, 4.69) is 4.98 Å². The standard InChI is InChI=1S/C18H14ClF2N3O/c19-15-9-23(10-17(25)24-7-14(21)8-24)16-5-12(6-22-18(15)16)11-1-3-13(20)4-2-11/h1-6,9,14H,7-8,10H2. The molecule has 25 heavy (non-hydrogen) atoms. The molecule has 0 radical (unpaired) electrons. The maximum absolute atomic E-state index is 13.1. The van der Waals surface area contributed by atoms with Gasteiger partial charge in [-0.15, -0.1) is 0 Å². The summed E-state index contributed by atoms with van der Waals surface area (Å²) in [7, 11) is 0. The number of fused-ring (bicyclic) bond motifs is 1. The zero-order valence-electron chi connectivity index (χ0n) is 13.1. The van der Waals surface area contributed by atoms with Crippen LogP contribution in [0.25, 0.3) is 22.2 Å². The van der Waals surface area contributed by atoms with Crippen molar-refractivity contribution in [3.05, 3.63) is 53.6 Å². The number of amides is 1. The van der Waals surface area contributed by atoms with E-state index in [9.17, 15) is 13.6 Å². The van der Waals surface area contributed by atoms with Gasteiger partial charge in [-0.05, 0) is 23.8 Å². The van der Waals surface area contributed by atoms with Crippen LogP contribution in [0.15, 0.2) is 42.7 Å². The van der Waals surface area contributed by atoms with Crippen molar-refractivity contribution in [3.63, 3.8) is 0 Å². The first-order chi connectivity index (χ1) is 12.0. The first-order valence-electron chi connectivity index (χ1n) is 7.83. The van der Waals surface area contributed by atoms with Crippen LogP contribution in [0.5, 0.6) is 0 Å². The molecule has 1 aromatic carbocycles. The molecule has 4 rings (SSSR count). The number of pyridine rings is 1. The number of halogens is 3. The SMILES string of the molecule is O=C(Cn1cc(Cl)c2ncc(-c3ccc(F)cc3)cc21)N1CC(F)C1. The van der Waals surface area contributed by atoms with Gasteiger partial charge in [0.25, 0.3) is 0 Å². The van der Waals surface area contributed by atoms with Gasteiger partial charge in [-0.25, -0.2) is 8.78 Å². The van der Waals surface area contributed by atoms with Crippen LogP contribution in [0.4, 0.5) is 8.78 Å². The summed E-state index contributed by atoms with van der Waals surface area (Å²) in [4.78, 5) is 18.1. The summed E-state index contributed by atoms with van der Waals surface area (Å²) in [5, 5.41) is 0.445. The topological polar surface area (TPSA) is 38.1 Å². The molecular weight excluding hydrogens is 348 g/mol. The molecule has 0 unspecified atom stereocenters. The Morgan fingerprint density at radius 1 is 1.24 bits per heavy atom. The summed E-state index contributed by atoms with van der Waals surface area (Å²) >= 11 is 6.21. The Labute approximate surface area is 147 Å². The number of carbonyl (C=O) groups excluding carboxylic acids is 1. The van der Waals surface area contributed by atoms with Crippen LogP contribution in [0, 0.1) is 5.82 Å². The maximum atomic E-state index is 13.1. The van der Waals surface area contributed by atoms with Crippen molar-refractivity contribution in [2.45, 2.75) is 12.7 Å². The van der Waals surface area contributed by atoms with Crippen LogP contribution in [-0.2, 0) is 11.3 Å². The lowest BCUT2D eigenvalue weighted by molar-refractivity contribution is -0.138. The first kappa shape index (κ1) is 16.0. The highest BCUT2D eigenvalue weighted by atomic mass is 35.5. The smallest absolute Gasteiger partial charge is 0.242 e. The molecule has 0 saturated carbocycles. The van der Waals surface area contributed by atoms with Crippen molar-refractivity contribution in [1.82, 2.24) is 14.5 Å². The van der Waals surface area contributed by atoms with Crippen LogP contribution in [0.1, 0.15) is 0 Å². The predicted molar refractivity (Wildman–Crippen MR) is 91.6 cm³/mol. The molecule has 1 amide bonds. The lowest BCUT2D eigenvalue weighted by atomic mass is 10.1. The number of benzene rings is 1. The van der Waals surface area contributed by atoms with E-state index < -0.39 is 6.17 Å². The minimum Gasteiger partial charge on any atom is -0.335 e. The van der Waals surface area contributed by atoms with E-state index in [1.807, 2.05) is 6.07 Å². The fourth-order valence-electron chi connectivity index (χ4n) is 2.93. The molecule has 128 valence electrons. The van der Waals surface area contributed by atoms with Gasteiger partial charge in [0, 0.05) is 18.0 Å². The second kappa shape index (κ2) is 6.11. The summed E-state index contributed by atoms with van der Waals surface area (Å²) in [6, 6.07) is 7.96. The Morgan fingerprint density at radius 3 is 2.64 bits per heavy atom. The van der Waals surface area contributed by atoms with Crippen molar-refractivity contribution in [3.8, 4) is 11.1 Å². The fraction of sp³-hybridized carbons (Fsp3) is 0.222. The zero-order valence-corrected chi connectivity index (χ0v) is 13.9. The molecule has 0 bridgehead atoms.